The van der Waals surface area contributed by atoms with E-state index in [0.717, 1.165) is 16.7 Å². The molecule has 2 aromatic rings. The summed E-state index contributed by atoms with van der Waals surface area (Å²) in [6.45, 7) is 14.5. The van der Waals surface area contributed by atoms with Gasteiger partial charge in [-0.25, -0.2) is 18.8 Å². The predicted molar refractivity (Wildman–Crippen MR) is 223 cm³/mol. The van der Waals surface area contributed by atoms with E-state index in [2.05, 4.69) is 4.98 Å². The number of pyridine rings is 1. The summed E-state index contributed by atoms with van der Waals surface area (Å²) < 4.78 is 79.1. The van der Waals surface area contributed by atoms with Gasteiger partial charge in [-0.2, -0.15) is 13.2 Å². The zero-order valence-electron chi connectivity index (χ0n) is 34.7. The van der Waals surface area contributed by atoms with Gasteiger partial charge in [-0.05, 0) is 79.3 Å². The van der Waals surface area contributed by atoms with Gasteiger partial charge in [0.1, 0.15) is 33.6 Å². The average molecular weight is 916 g/mol. The normalized spacial score (nSPS) is 26.7. The summed E-state index contributed by atoms with van der Waals surface area (Å²) in [5, 5.41) is 0.365. The number of alkyl halides is 4. The molecule has 1 aliphatic carbocycles. The van der Waals surface area contributed by atoms with Crippen LogP contribution in [0, 0.1) is 11.7 Å². The van der Waals surface area contributed by atoms with Gasteiger partial charge in [0, 0.05) is 37.0 Å². The molecule has 1 aromatic carbocycles. The Morgan fingerprint density at radius 1 is 1.05 bits per heavy atom. The molecule has 5 heterocycles. The average Bonchev–Trinajstić information content (AvgIpc) is 3.51. The van der Waals surface area contributed by atoms with Crippen LogP contribution in [0.5, 0.6) is 0 Å². The minimum atomic E-state index is -5.12. The molecule has 326 valence electrons. The van der Waals surface area contributed by atoms with E-state index in [-0.39, 0.29) is 65.0 Å². The van der Waals surface area contributed by atoms with Crippen LogP contribution in [0.25, 0.3) is 0 Å². The van der Waals surface area contributed by atoms with Crippen molar-refractivity contribution in [3.05, 3.63) is 74.3 Å². The molecule has 5 atom stereocenters. The van der Waals surface area contributed by atoms with E-state index in [1.165, 1.54) is 21.9 Å². The molecule has 0 N–H and O–H groups in total. The molecule has 0 bridgehead atoms. The minimum Gasteiger partial charge on any atom is -0.415 e. The third-order valence-corrected chi connectivity index (χ3v) is 19.1. The molecule has 19 heteroatoms. The number of nitrogens with zero attached hydrogens (tertiary/aromatic N) is 6. The first kappa shape index (κ1) is 44.8. The van der Waals surface area contributed by atoms with Crippen LogP contribution in [-0.4, -0.2) is 112 Å². The number of carbonyl (C=O) groups is 3. The number of hydrogen-bond donors (Lipinski definition) is 0. The van der Waals surface area contributed by atoms with Gasteiger partial charge in [0.25, 0.3) is 5.91 Å². The second kappa shape index (κ2) is 15.5. The maximum Gasteiger partial charge on any atom is 0.471 e. The summed E-state index contributed by atoms with van der Waals surface area (Å²) in [4.78, 5) is 57.6. The molecule has 5 aliphatic rings. The second-order valence-corrected chi connectivity index (χ2v) is 25.0. The summed E-state index contributed by atoms with van der Waals surface area (Å²) >= 11 is 13.3. The zero-order valence-corrected chi connectivity index (χ0v) is 38.0. The molecule has 7 rings (SSSR count). The van der Waals surface area contributed by atoms with E-state index in [4.69, 9.17) is 32.6 Å². The Kier molecular flexibility index (Phi) is 11.6. The van der Waals surface area contributed by atoms with Crippen LogP contribution < -0.4 is 0 Å². The van der Waals surface area contributed by atoms with Crippen molar-refractivity contribution in [3.8, 4) is 0 Å². The molecule has 60 heavy (non-hydrogen) atoms. The number of carbonyl (C=O) groups excluding carboxylic acids is 3. The number of rotatable bonds is 8. The fraction of sp³-hybridized carbons (Fsp3) is 0.585. The molecule has 3 amide bonds. The number of amidine groups is 1. The molecule has 1 saturated carbocycles. The first-order chi connectivity index (χ1) is 27.8. The molecule has 3 fully saturated rings. The van der Waals surface area contributed by atoms with E-state index < -0.39 is 80.0 Å². The number of amides is 3. The van der Waals surface area contributed by atoms with Gasteiger partial charge in [-0.3, -0.25) is 14.4 Å². The lowest BCUT2D eigenvalue weighted by atomic mass is 9.81. The smallest absolute Gasteiger partial charge is 0.415 e. The van der Waals surface area contributed by atoms with E-state index in [1.54, 1.807) is 24.4 Å². The highest BCUT2D eigenvalue weighted by Gasteiger charge is 2.62. The second-order valence-electron chi connectivity index (χ2n) is 18.5. The van der Waals surface area contributed by atoms with Crippen molar-refractivity contribution in [1.29, 1.82) is 0 Å². The van der Waals surface area contributed by atoms with Gasteiger partial charge >= 0.3 is 12.1 Å². The SMILES string of the molecule is CC(C)C1=C(C(=O)N2C[C@H](F)C[C@@H]2C(=O)N2CC3(CC3)N(C(=O)C(F)(F)F)C[C@@H]2CO[Si](C)(C)C(C)(C)C)SC2=NC(C)(c3ccc(Cl)nc3)[C@@H](c3ccc(Cl)c(F)c3)N21. The number of allylic oxidation sites excluding steroid dienone is 1. The van der Waals surface area contributed by atoms with Crippen molar-refractivity contribution in [2.45, 2.75) is 120 Å². The van der Waals surface area contributed by atoms with Crippen LogP contribution in [0.1, 0.15) is 78.0 Å². The lowest BCUT2D eigenvalue weighted by Crippen LogP contribution is -2.67. The van der Waals surface area contributed by atoms with Gasteiger partial charge in [-0.15, -0.1) is 0 Å². The Labute approximate surface area is 362 Å². The van der Waals surface area contributed by atoms with Crippen molar-refractivity contribution in [2.24, 2.45) is 10.9 Å². The van der Waals surface area contributed by atoms with Gasteiger partial charge in [0.2, 0.25) is 5.91 Å². The molecular weight excluding hydrogens is 867 g/mol. The van der Waals surface area contributed by atoms with Crippen LogP contribution in [0.15, 0.2) is 52.1 Å². The number of aliphatic imine (C=N–C) groups is 1. The largest absolute Gasteiger partial charge is 0.471 e. The first-order valence-corrected chi connectivity index (χ1v) is 24.4. The molecular formula is C41H49Cl2F5N6O4SSi. The Bertz CT molecular complexity index is 2150. The molecule has 0 radical (unpaired) electrons. The summed E-state index contributed by atoms with van der Waals surface area (Å²) in [6, 6.07) is 4.94. The van der Waals surface area contributed by atoms with Crippen LogP contribution in [0.2, 0.25) is 28.3 Å². The number of halogens is 7. The Balaban J connectivity index is 1.24. The third-order valence-electron chi connectivity index (χ3n) is 13.0. The highest BCUT2D eigenvalue weighted by molar-refractivity contribution is 8.18. The van der Waals surface area contributed by atoms with Gasteiger partial charge in [0.05, 0.1) is 35.8 Å². The van der Waals surface area contributed by atoms with Crippen LogP contribution >= 0.6 is 35.0 Å². The molecule has 1 aromatic heterocycles. The fourth-order valence-electron chi connectivity index (χ4n) is 8.53. The van der Waals surface area contributed by atoms with Crippen molar-refractivity contribution in [1.82, 2.24) is 24.6 Å². The van der Waals surface area contributed by atoms with E-state index in [1.807, 2.05) is 59.5 Å². The molecule has 4 aliphatic heterocycles. The molecule has 2 saturated heterocycles. The van der Waals surface area contributed by atoms with Crippen molar-refractivity contribution in [2.75, 3.05) is 26.2 Å². The molecule has 1 spiro atoms. The van der Waals surface area contributed by atoms with Gasteiger partial charge in [-0.1, -0.05) is 70.0 Å². The van der Waals surface area contributed by atoms with E-state index in [0.29, 0.717) is 22.0 Å². The number of piperazine rings is 1. The maximum absolute atomic E-state index is 15.7. The summed E-state index contributed by atoms with van der Waals surface area (Å²) in [6.07, 6.45) is -4.88. The van der Waals surface area contributed by atoms with Crippen molar-refractivity contribution in [3.63, 3.8) is 0 Å². The number of hydrogen-bond acceptors (Lipinski definition) is 8. The monoisotopic (exact) mass is 914 g/mol. The highest BCUT2D eigenvalue weighted by Crippen LogP contribution is 2.57. The predicted octanol–water partition coefficient (Wildman–Crippen LogP) is 8.87. The Hall–Kier alpha value is -3.25. The number of thioether (sulfide) groups is 1. The fourth-order valence-corrected chi connectivity index (χ4v) is 11.2. The topological polar surface area (TPSA) is 98.7 Å². The lowest BCUT2D eigenvalue weighted by molar-refractivity contribution is -0.194. The summed E-state index contributed by atoms with van der Waals surface area (Å²) in [5.74, 6) is -4.14. The molecule has 10 nitrogen and oxygen atoms in total. The first-order valence-electron chi connectivity index (χ1n) is 20.0. The van der Waals surface area contributed by atoms with Crippen LogP contribution in [0.3, 0.4) is 0 Å². The number of likely N-dealkylation sites (tertiary alicyclic amines) is 1. The van der Waals surface area contributed by atoms with E-state index in [9.17, 15) is 27.6 Å². The number of benzene rings is 1. The van der Waals surface area contributed by atoms with Crippen LogP contribution in [-0.2, 0) is 24.3 Å². The Morgan fingerprint density at radius 2 is 1.73 bits per heavy atom. The third kappa shape index (κ3) is 7.87. The minimum absolute atomic E-state index is 0.0701. The quantitative estimate of drug-likeness (QED) is 0.148. The van der Waals surface area contributed by atoms with Crippen molar-refractivity contribution < 1.29 is 40.8 Å². The summed E-state index contributed by atoms with van der Waals surface area (Å²) in [5.41, 5.74) is -0.547. The lowest BCUT2D eigenvalue weighted by Gasteiger charge is -2.49. The Morgan fingerprint density at radius 3 is 2.30 bits per heavy atom. The molecule has 1 unspecified atom stereocenters. The van der Waals surface area contributed by atoms with Crippen molar-refractivity contribution >= 4 is 66.2 Å². The number of fused-ring (bicyclic) bond motifs is 1. The van der Waals surface area contributed by atoms with E-state index >= 15 is 8.78 Å². The standard InChI is InChI=1S/C41H49Cl2F5N6O4SSi/c1-22(2)31-32(59-37-50-39(6,24-10-12-30(43)49-17-24)33(54(31)37)23-9-11-27(42)28(45)15-23)35(56)51-18-25(44)16-29(51)34(55)52-21-40(13-14-40)53(36(57)41(46,47)48)19-26(52)20-58-60(7,8)38(3,4)5/h9-12,15,17,22,25-26,29,33H,13-14,16,18-21H2,1-8H3/t25-,26-,29-,33-,39?/m1/s1. The summed E-state index contributed by atoms with van der Waals surface area (Å²) in [7, 11) is -2.50. The zero-order chi connectivity index (χ0) is 44.1. The van der Waals surface area contributed by atoms with Gasteiger partial charge < -0.3 is 24.0 Å². The maximum atomic E-state index is 15.7. The number of aromatic nitrogens is 1. The highest BCUT2D eigenvalue weighted by atomic mass is 35.5. The van der Waals surface area contributed by atoms with Gasteiger partial charge in [0.15, 0.2) is 13.5 Å². The van der Waals surface area contributed by atoms with Crippen LogP contribution in [0.4, 0.5) is 22.0 Å².